The van der Waals surface area contributed by atoms with E-state index < -0.39 is 23.4 Å². The van der Waals surface area contributed by atoms with Gasteiger partial charge < -0.3 is 10.6 Å². The minimum absolute atomic E-state index is 0.00118. The molecule has 0 saturated heterocycles. The minimum Gasteiger partial charge on any atom is -0.325 e. The van der Waals surface area contributed by atoms with Crippen LogP contribution in [0.5, 0.6) is 0 Å². The van der Waals surface area contributed by atoms with Crippen LogP contribution >= 0.6 is 11.6 Å². The van der Waals surface area contributed by atoms with E-state index >= 15 is 0 Å². The summed E-state index contributed by atoms with van der Waals surface area (Å²) >= 11 is 5.59. The standard InChI is InChI=1S/C15H12ClF3N2O/c16-11-6-10(4-5-12(11)17)21-14(22)8-20-7-9-2-1-3-13(18)15(9)19/h1-6,20H,7-8H2,(H,21,22). The molecule has 2 aromatic rings. The number of nitrogens with one attached hydrogen (secondary N) is 2. The highest BCUT2D eigenvalue weighted by Gasteiger charge is 2.08. The first-order valence-electron chi connectivity index (χ1n) is 6.36. The highest BCUT2D eigenvalue weighted by Crippen LogP contribution is 2.19. The van der Waals surface area contributed by atoms with Crippen LogP contribution in [0.2, 0.25) is 5.02 Å². The summed E-state index contributed by atoms with van der Waals surface area (Å²) in [7, 11) is 0. The Balaban J connectivity index is 1.85. The number of halogens is 4. The zero-order valence-corrected chi connectivity index (χ0v) is 12.1. The van der Waals surface area contributed by atoms with Crippen molar-refractivity contribution in [3.8, 4) is 0 Å². The third-order valence-corrected chi connectivity index (χ3v) is 3.13. The molecule has 0 saturated carbocycles. The molecule has 0 aromatic heterocycles. The number of benzene rings is 2. The molecule has 0 aliphatic heterocycles. The van der Waals surface area contributed by atoms with Crippen molar-refractivity contribution in [2.45, 2.75) is 6.54 Å². The molecule has 0 fully saturated rings. The predicted molar refractivity (Wildman–Crippen MR) is 78.1 cm³/mol. The molecule has 0 aliphatic rings. The minimum atomic E-state index is -0.944. The molecular weight excluding hydrogens is 317 g/mol. The summed E-state index contributed by atoms with van der Waals surface area (Å²) in [4.78, 5) is 11.7. The van der Waals surface area contributed by atoms with Gasteiger partial charge in [0.15, 0.2) is 11.6 Å². The summed E-state index contributed by atoms with van der Waals surface area (Å²) in [6.45, 7) is -0.119. The monoisotopic (exact) mass is 328 g/mol. The van der Waals surface area contributed by atoms with Gasteiger partial charge in [0, 0.05) is 17.8 Å². The first-order valence-corrected chi connectivity index (χ1v) is 6.73. The number of carbonyl (C=O) groups is 1. The number of rotatable bonds is 5. The Morgan fingerprint density at radius 3 is 2.59 bits per heavy atom. The van der Waals surface area contributed by atoms with Gasteiger partial charge in [0.25, 0.3) is 0 Å². The van der Waals surface area contributed by atoms with E-state index in [9.17, 15) is 18.0 Å². The Morgan fingerprint density at radius 2 is 1.86 bits per heavy atom. The SMILES string of the molecule is O=C(CNCc1cccc(F)c1F)Nc1ccc(F)c(Cl)c1. The van der Waals surface area contributed by atoms with Crippen LogP contribution in [-0.2, 0) is 11.3 Å². The largest absolute Gasteiger partial charge is 0.325 e. The highest BCUT2D eigenvalue weighted by molar-refractivity contribution is 6.31. The fourth-order valence-corrected chi connectivity index (χ4v) is 1.96. The molecule has 116 valence electrons. The summed E-state index contributed by atoms with van der Waals surface area (Å²) in [6, 6.07) is 7.60. The molecule has 2 rings (SSSR count). The highest BCUT2D eigenvalue weighted by atomic mass is 35.5. The summed E-state index contributed by atoms with van der Waals surface area (Å²) < 4.78 is 39.4. The van der Waals surface area contributed by atoms with E-state index in [1.54, 1.807) is 0 Å². The fraction of sp³-hybridized carbons (Fsp3) is 0.133. The van der Waals surface area contributed by atoms with Crippen molar-refractivity contribution in [2.24, 2.45) is 0 Å². The van der Waals surface area contributed by atoms with Gasteiger partial charge in [-0.1, -0.05) is 23.7 Å². The van der Waals surface area contributed by atoms with Crippen molar-refractivity contribution in [3.05, 3.63) is 64.4 Å². The van der Waals surface area contributed by atoms with Crippen molar-refractivity contribution in [1.82, 2.24) is 5.32 Å². The summed E-state index contributed by atoms with van der Waals surface area (Å²) in [6.07, 6.45) is 0. The molecular formula is C15H12ClF3N2O. The second-order valence-corrected chi connectivity index (χ2v) is 4.90. The molecule has 22 heavy (non-hydrogen) atoms. The smallest absolute Gasteiger partial charge is 0.238 e. The lowest BCUT2D eigenvalue weighted by atomic mass is 10.2. The summed E-state index contributed by atoms with van der Waals surface area (Å²) in [5, 5.41) is 5.09. The Morgan fingerprint density at radius 1 is 1.09 bits per heavy atom. The van der Waals surface area contributed by atoms with Crippen LogP contribution in [0.25, 0.3) is 0 Å². The van der Waals surface area contributed by atoms with Crippen LogP contribution in [0.4, 0.5) is 18.9 Å². The number of carbonyl (C=O) groups excluding carboxylic acids is 1. The lowest BCUT2D eigenvalue weighted by Crippen LogP contribution is -2.28. The molecule has 0 aliphatic carbocycles. The molecule has 0 unspecified atom stereocenters. The average Bonchev–Trinajstić information content (AvgIpc) is 2.47. The van der Waals surface area contributed by atoms with Gasteiger partial charge in [-0.15, -0.1) is 0 Å². The molecule has 1 amide bonds. The molecule has 0 bridgehead atoms. The Kier molecular flexibility index (Phi) is 5.41. The quantitative estimate of drug-likeness (QED) is 0.882. The van der Waals surface area contributed by atoms with Crippen LogP contribution in [0.1, 0.15) is 5.56 Å². The number of anilines is 1. The van der Waals surface area contributed by atoms with Crippen LogP contribution in [0.3, 0.4) is 0 Å². The average molecular weight is 329 g/mol. The number of amides is 1. The summed E-state index contributed by atoms with van der Waals surface area (Å²) in [5.74, 6) is -2.88. The van der Waals surface area contributed by atoms with Crippen LogP contribution in [0, 0.1) is 17.5 Å². The van der Waals surface area contributed by atoms with Gasteiger partial charge in [-0.2, -0.15) is 0 Å². The van der Waals surface area contributed by atoms with Gasteiger partial charge in [0.05, 0.1) is 11.6 Å². The Bertz CT molecular complexity index is 694. The second-order valence-electron chi connectivity index (χ2n) is 4.49. The van der Waals surface area contributed by atoms with Gasteiger partial charge in [0.2, 0.25) is 5.91 Å². The number of hydrogen-bond acceptors (Lipinski definition) is 2. The maximum Gasteiger partial charge on any atom is 0.238 e. The van der Waals surface area contributed by atoms with E-state index in [4.69, 9.17) is 11.6 Å². The maximum absolute atomic E-state index is 13.4. The van der Waals surface area contributed by atoms with Crippen LogP contribution in [-0.4, -0.2) is 12.5 Å². The normalized spacial score (nSPS) is 10.5. The molecule has 0 radical (unpaired) electrons. The van der Waals surface area contributed by atoms with Crippen molar-refractivity contribution < 1.29 is 18.0 Å². The number of hydrogen-bond donors (Lipinski definition) is 2. The van der Waals surface area contributed by atoms with Gasteiger partial charge in [-0.05, 0) is 24.3 Å². The van der Waals surface area contributed by atoms with E-state index in [1.807, 2.05) is 0 Å². The first-order chi connectivity index (χ1) is 10.5. The lowest BCUT2D eigenvalue weighted by molar-refractivity contribution is -0.115. The maximum atomic E-state index is 13.4. The van der Waals surface area contributed by atoms with Gasteiger partial charge in [-0.25, -0.2) is 13.2 Å². The topological polar surface area (TPSA) is 41.1 Å². The zero-order chi connectivity index (χ0) is 16.1. The van der Waals surface area contributed by atoms with Crippen molar-refractivity contribution >= 4 is 23.2 Å². The third-order valence-electron chi connectivity index (χ3n) is 2.84. The van der Waals surface area contributed by atoms with Gasteiger partial charge >= 0.3 is 0 Å². The Hall–Kier alpha value is -2.05. The van der Waals surface area contributed by atoms with E-state index in [0.29, 0.717) is 5.69 Å². The van der Waals surface area contributed by atoms with E-state index in [0.717, 1.165) is 12.1 Å². The molecule has 0 atom stereocenters. The zero-order valence-electron chi connectivity index (χ0n) is 11.3. The lowest BCUT2D eigenvalue weighted by Gasteiger charge is -2.08. The van der Waals surface area contributed by atoms with Crippen molar-refractivity contribution in [3.63, 3.8) is 0 Å². The molecule has 3 nitrogen and oxygen atoms in total. The molecule has 2 N–H and O–H groups in total. The van der Waals surface area contributed by atoms with Crippen molar-refractivity contribution in [1.29, 1.82) is 0 Å². The van der Waals surface area contributed by atoms with Crippen LogP contribution < -0.4 is 10.6 Å². The molecule has 7 heteroatoms. The van der Waals surface area contributed by atoms with Gasteiger partial charge in [-0.3, -0.25) is 4.79 Å². The molecule has 0 spiro atoms. The second kappa shape index (κ2) is 7.29. The Labute approximate surface area is 130 Å². The fourth-order valence-electron chi connectivity index (χ4n) is 1.77. The third kappa shape index (κ3) is 4.22. The van der Waals surface area contributed by atoms with E-state index in [2.05, 4.69) is 10.6 Å². The van der Waals surface area contributed by atoms with Crippen molar-refractivity contribution in [2.75, 3.05) is 11.9 Å². The first kappa shape index (κ1) is 16.3. The summed E-state index contributed by atoms with van der Waals surface area (Å²) in [5.41, 5.74) is 0.466. The van der Waals surface area contributed by atoms with E-state index in [1.165, 1.54) is 24.3 Å². The van der Waals surface area contributed by atoms with Gasteiger partial charge in [0.1, 0.15) is 5.82 Å². The van der Waals surface area contributed by atoms with E-state index in [-0.39, 0.29) is 23.7 Å². The predicted octanol–water partition coefficient (Wildman–Crippen LogP) is 3.49. The molecule has 0 heterocycles. The van der Waals surface area contributed by atoms with Crippen LogP contribution in [0.15, 0.2) is 36.4 Å². The molecule has 2 aromatic carbocycles.